The van der Waals surface area contributed by atoms with Crippen molar-refractivity contribution in [2.45, 2.75) is 27.3 Å². The molecule has 7 nitrogen and oxygen atoms in total. The van der Waals surface area contributed by atoms with Gasteiger partial charge in [0, 0.05) is 11.1 Å². The minimum Gasteiger partial charge on any atom is -0.456 e. The van der Waals surface area contributed by atoms with Crippen molar-refractivity contribution in [2.24, 2.45) is 0 Å². The summed E-state index contributed by atoms with van der Waals surface area (Å²) in [5.41, 5.74) is 4.32. The molecular weight excluding hydrogens is 344 g/mol. The molecule has 0 N–H and O–H groups in total. The van der Waals surface area contributed by atoms with Gasteiger partial charge in [-0.2, -0.15) is 4.80 Å². The number of tetrazole rings is 1. The van der Waals surface area contributed by atoms with Crippen LogP contribution in [0.5, 0.6) is 0 Å². The third-order valence-corrected chi connectivity index (χ3v) is 4.09. The third-order valence-electron chi connectivity index (χ3n) is 4.09. The first-order valence-corrected chi connectivity index (χ1v) is 8.53. The fourth-order valence-electron chi connectivity index (χ4n) is 2.55. The van der Waals surface area contributed by atoms with E-state index in [1.54, 1.807) is 6.07 Å². The molecule has 0 aliphatic carbocycles. The predicted molar refractivity (Wildman–Crippen MR) is 99.2 cm³/mol. The average molecular weight is 364 g/mol. The number of hydrogen-bond acceptors (Lipinski definition) is 6. The van der Waals surface area contributed by atoms with Gasteiger partial charge in [0.1, 0.15) is 0 Å². The average Bonchev–Trinajstić information content (AvgIpc) is 3.10. The monoisotopic (exact) mass is 364 g/mol. The number of Topliss-reactive ketones (excluding diaryl/α,β-unsaturated/α-hetero) is 1. The molecule has 0 saturated carbocycles. The van der Waals surface area contributed by atoms with E-state index in [4.69, 9.17) is 4.74 Å². The molecule has 0 amide bonds. The van der Waals surface area contributed by atoms with Crippen LogP contribution in [0, 0.1) is 20.8 Å². The molecule has 27 heavy (non-hydrogen) atoms. The molecule has 138 valence electrons. The highest BCUT2D eigenvalue weighted by Crippen LogP contribution is 2.14. The lowest BCUT2D eigenvalue weighted by Crippen LogP contribution is -2.20. The summed E-state index contributed by atoms with van der Waals surface area (Å²) in [6, 6.07) is 13.3. The van der Waals surface area contributed by atoms with Gasteiger partial charge in [0.2, 0.25) is 11.6 Å². The van der Waals surface area contributed by atoms with E-state index in [1.165, 1.54) is 0 Å². The van der Waals surface area contributed by atoms with Crippen LogP contribution in [0.25, 0.3) is 11.4 Å². The van der Waals surface area contributed by atoms with Crippen LogP contribution in [0.4, 0.5) is 0 Å². The Balaban J connectivity index is 1.57. The van der Waals surface area contributed by atoms with Gasteiger partial charge in [-0.05, 0) is 37.6 Å². The van der Waals surface area contributed by atoms with E-state index in [0.717, 1.165) is 27.1 Å². The van der Waals surface area contributed by atoms with E-state index in [0.29, 0.717) is 11.4 Å². The van der Waals surface area contributed by atoms with Crippen LogP contribution < -0.4 is 0 Å². The van der Waals surface area contributed by atoms with Gasteiger partial charge in [0.05, 0.1) is 0 Å². The molecule has 7 heteroatoms. The number of rotatable bonds is 6. The van der Waals surface area contributed by atoms with E-state index in [-0.39, 0.29) is 18.9 Å². The number of aromatic nitrogens is 4. The van der Waals surface area contributed by atoms with Gasteiger partial charge in [0.25, 0.3) is 0 Å². The van der Waals surface area contributed by atoms with Gasteiger partial charge in [-0.3, -0.25) is 4.79 Å². The second kappa shape index (κ2) is 7.90. The zero-order valence-electron chi connectivity index (χ0n) is 15.5. The third kappa shape index (κ3) is 4.63. The maximum absolute atomic E-state index is 12.3. The Morgan fingerprint density at radius 1 is 1.00 bits per heavy atom. The standard InChI is InChI=1S/C20H20N4O3/c1-13-5-8-16(9-6-13)20-21-23-24(22-20)11-19(26)27-12-18(25)17-10-14(2)4-7-15(17)3/h4-10H,11-12H2,1-3H3. The first kappa shape index (κ1) is 18.4. The molecule has 0 spiro atoms. The molecule has 0 bridgehead atoms. The van der Waals surface area contributed by atoms with Crippen molar-refractivity contribution in [1.82, 2.24) is 20.2 Å². The molecule has 0 fully saturated rings. The van der Waals surface area contributed by atoms with E-state index >= 15 is 0 Å². The highest BCUT2D eigenvalue weighted by molar-refractivity contribution is 5.99. The fourth-order valence-corrected chi connectivity index (χ4v) is 2.55. The van der Waals surface area contributed by atoms with Gasteiger partial charge in [-0.1, -0.05) is 47.5 Å². The number of esters is 1. The van der Waals surface area contributed by atoms with Gasteiger partial charge >= 0.3 is 5.97 Å². The Hall–Kier alpha value is -3.35. The lowest BCUT2D eigenvalue weighted by atomic mass is 10.0. The summed E-state index contributed by atoms with van der Waals surface area (Å²) in [5, 5.41) is 12.0. The molecule has 3 aromatic rings. The molecule has 0 atom stereocenters. The number of nitrogens with zero attached hydrogens (tertiary/aromatic N) is 4. The second-order valence-electron chi connectivity index (χ2n) is 6.41. The van der Waals surface area contributed by atoms with Gasteiger partial charge in [-0.25, -0.2) is 4.79 Å². The molecule has 1 heterocycles. The molecule has 0 radical (unpaired) electrons. The van der Waals surface area contributed by atoms with Crippen LogP contribution in [-0.4, -0.2) is 38.6 Å². The molecule has 0 unspecified atom stereocenters. The zero-order chi connectivity index (χ0) is 19.4. The SMILES string of the molecule is Cc1ccc(-c2nnn(CC(=O)OCC(=O)c3cc(C)ccc3C)n2)cc1. The highest BCUT2D eigenvalue weighted by atomic mass is 16.5. The summed E-state index contributed by atoms with van der Waals surface area (Å²) in [6.07, 6.45) is 0. The molecular formula is C20H20N4O3. The lowest BCUT2D eigenvalue weighted by molar-refractivity contribution is -0.143. The summed E-state index contributed by atoms with van der Waals surface area (Å²) in [7, 11) is 0. The van der Waals surface area contributed by atoms with Crippen LogP contribution in [0.1, 0.15) is 27.0 Å². The molecule has 0 aliphatic rings. The summed E-state index contributed by atoms with van der Waals surface area (Å²) in [6.45, 7) is 5.22. The molecule has 0 saturated heterocycles. The van der Waals surface area contributed by atoms with Crippen molar-refractivity contribution < 1.29 is 14.3 Å². The van der Waals surface area contributed by atoms with Crippen molar-refractivity contribution in [3.63, 3.8) is 0 Å². The number of ketones is 1. The van der Waals surface area contributed by atoms with Crippen molar-refractivity contribution >= 4 is 11.8 Å². The number of hydrogen-bond donors (Lipinski definition) is 0. The van der Waals surface area contributed by atoms with Gasteiger partial charge < -0.3 is 4.74 Å². The minimum absolute atomic E-state index is 0.209. The van der Waals surface area contributed by atoms with Crippen LogP contribution in [0.2, 0.25) is 0 Å². The van der Waals surface area contributed by atoms with Crippen molar-refractivity contribution in [3.05, 3.63) is 64.7 Å². The zero-order valence-corrected chi connectivity index (χ0v) is 15.5. The first-order chi connectivity index (χ1) is 12.9. The lowest BCUT2D eigenvalue weighted by Gasteiger charge is -2.07. The maximum Gasteiger partial charge on any atom is 0.330 e. The summed E-state index contributed by atoms with van der Waals surface area (Å²) < 4.78 is 5.07. The number of carbonyl (C=O) groups is 2. The van der Waals surface area contributed by atoms with Crippen LogP contribution in [0.15, 0.2) is 42.5 Å². The number of benzene rings is 2. The Morgan fingerprint density at radius 2 is 1.70 bits per heavy atom. The topological polar surface area (TPSA) is 87.0 Å². The fraction of sp³-hybridized carbons (Fsp3) is 0.250. The summed E-state index contributed by atoms with van der Waals surface area (Å²) in [4.78, 5) is 25.4. The maximum atomic E-state index is 12.3. The highest BCUT2D eigenvalue weighted by Gasteiger charge is 2.14. The predicted octanol–water partition coefficient (Wildman–Crippen LogP) is 2.69. The summed E-state index contributed by atoms with van der Waals surface area (Å²) in [5.74, 6) is -0.410. The van der Waals surface area contributed by atoms with E-state index in [1.807, 2.05) is 57.2 Å². The quantitative estimate of drug-likeness (QED) is 0.494. The number of ether oxygens (including phenoxy) is 1. The van der Waals surface area contributed by atoms with Crippen molar-refractivity contribution in [2.75, 3.05) is 6.61 Å². The first-order valence-electron chi connectivity index (χ1n) is 8.53. The Labute approximate surface area is 157 Å². The van der Waals surface area contributed by atoms with E-state index in [2.05, 4.69) is 15.4 Å². The van der Waals surface area contributed by atoms with Crippen LogP contribution in [0.3, 0.4) is 0 Å². The van der Waals surface area contributed by atoms with Gasteiger partial charge in [-0.15, -0.1) is 10.2 Å². The minimum atomic E-state index is -0.596. The van der Waals surface area contributed by atoms with E-state index in [9.17, 15) is 9.59 Å². The Kier molecular flexibility index (Phi) is 5.40. The van der Waals surface area contributed by atoms with Crippen LogP contribution in [-0.2, 0) is 16.1 Å². The normalized spacial score (nSPS) is 10.6. The second-order valence-corrected chi connectivity index (χ2v) is 6.41. The van der Waals surface area contributed by atoms with Crippen molar-refractivity contribution in [1.29, 1.82) is 0 Å². The van der Waals surface area contributed by atoms with Crippen LogP contribution >= 0.6 is 0 Å². The summed E-state index contributed by atoms with van der Waals surface area (Å²) >= 11 is 0. The molecule has 0 aliphatic heterocycles. The number of carbonyl (C=O) groups excluding carboxylic acids is 2. The Morgan fingerprint density at radius 3 is 2.44 bits per heavy atom. The van der Waals surface area contributed by atoms with Crippen molar-refractivity contribution in [3.8, 4) is 11.4 Å². The molecule has 1 aromatic heterocycles. The number of aryl methyl sites for hydroxylation is 3. The smallest absolute Gasteiger partial charge is 0.330 e. The molecule has 3 rings (SSSR count). The molecule has 2 aromatic carbocycles. The Bertz CT molecular complexity index is 977. The van der Waals surface area contributed by atoms with Gasteiger partial charge in [0.15, 0.2) is 13.2 Å². The van der Waals surface area contributed by atoms with E-state index < -0.39 is 5.97 Å². The largest absolute Gasteiger partial charge is 0.456 e.